The Hall–Kier alpha value is -0.830. The van der Waals surface area contributed by atoms with Crippen LogP contribution < -0.4 is 4.57 Å². The lowest BCUT2D eigenvalue weighted by molar-refractivity contribution is -0.677. The van der Waals surface area contributed by atoms with Crippen LogP contribution in [0.2, 0.25) is 0 Å². The van der Waals surface area contributed by atoms with E-state index in [1.807, 2.05) is 19.3 Å². The Morgan fingerprint density at radius 1 is 1.62 bits per heavy atom. The van der Waals surface area contributed by atoms with Crippen molar-refractivity contribution in [2.24, 2.45) is 7.05 Å². The number of H-pyrrole nitrogens is 1. The molecule has 0 radical (unpaired) electrons. The zero-order valence-electron chi connectivity index (χ0n) is 8.71. The van der Waals surface area contributed by atoms with E-state index in [9.17, 15) is 0 Å². The Balaban J connectivity index is 2.30. The molecule has 0 aliphatic heterocycles. The minimum Gasteiger partial charge on any atom is -0.379 e. The number of nitrogens with zero attached hydrogens (tertiary/aromatic N) is 1. The van der Waals surface area contributed by atoms with E-state index in [-0.39, 0.29) is 0 Å². The SMILES string of the molecule is CCOC(C)CCc1[nH]cc[n+]1C. The molecule has 3 heteroatoms. The number of hydrogen-bond donors (Lipinski definition) is 1. The van der Waals surface area contributed by atoms with Crippen LogP contribution in [0, 0.1) is 0 Å². The summed E-state index contributed by atoms with van der Waals surface area (Å²) < 4.78 is 7.57. The largest absolute Gasteiger partial charge is 0.379 e. The molecule has 0 aliphatic carbocycles. The first-order valence-electron chi connectivity index (χ1n) is 4.87. The molecule has 1 N–H and O–H groups in total. The van der Waals surface area contributed by atoms with Gasteiger partial charge < -0.3 is 4.74 Å². The predicted octanol–water partition coefficient (Wildman–Crippen LogP) is 1.20. The van der Waals surface area contributed by atoms with Crippen LogP contribution in [-0.2, 0) is 18.2 Å². The van der Waals surface area contributed by atoms with Gasteiger partial charge >= 0.3 is 0 Å². The number of rotatable bonds is 5. The second-order valence-corrected chi connectivity index (χ2v) is 3.32. The van der Waals surface area contributed by atoms with Crippen LogP contribution in [0.25, 0.3) is 0 Å². The van der Waals surface area contributed by atoms with Crippen molar-refractivity contribution in [1.29, 1.82) is 0 Å². The molecule has 0 amide bonds. The molecule has 13 heavy (non-hydrogen) atoms. The molecule has 1 aromatic heterocycles. The Morgan fingerprint density at radius 3 is 2.92 bits per heavy atom. The fraction of sp³-hybridized carbons (Fsp3) is 0.700. The molecule has 74 valence electrons. The molecule has 1 atom stereocenters. The number of aryl methyl sites for hydroxylation is 2. The third-order valence-corrected chi connectivity index (χ3v) is 2.21. The van der Waals surface area contributed by atoms with E-state index in [2.05, 4.69) is 23.5 Å². The summed E-state index contributed by atoms with van der Waals surface area (Å²) >= 11 is 0. The van der Waals surface area contributed by atoms with Gasteiger partial charge in [0.15, 0.2) is 0 Å². The van der Waals surface area contributed by atoms with Crippen molar-refractivity contribution in [2.45, 2.75) is 32.8 Å². The van der Waals surface area contributed by atoms with Gasteiger partial charge in [0.1, 0.15) is 12.4 Å². The molecule has 0 spiro atoms. The summed E-state index contributed by atoms with van der Waals surface area (Å²) in [6, 6.07) is 0. The molecule has 0 saturated heterocycles. The first-order valence-corrected chi connectivity index (χ1v) is 4.87. The number of imidazole rings is 1. The first-order chi connectivity index (χ1) is 6.24. The van der Waals surface area contributed by atoms with E-state index in [0.29, 0.717) is 6.10 Å². The maximum atomic E-state index is 5.46. The molecule has 1 aromatic rings. The van der Waals surface area contributed by atoms with Crippen molar-refractivity contribution >= 4 is 0 Å². The third kappa shape index (κ3) is 3.19. The third-order valence-electron chi connectivity index (χ3n) is 2.21. The predicted molar refractivity (Wildman–Crippen MR) is 51.4 cm³/mol. The van der Waals surface area contributed by atoms with Crippen molar-refractivity contribution in [3.05, 3.63) is 18.2 Å². The van der Waals surface area contributed by atoms with Gasteiger partial charge in [-0.15, -0.1) is 0 Å². The Kier molecular flexibility index (Phi) is 3.96. The van der Waals surface area contributed by atoms with Crippen LogP contribution in [0.4, 0.5) is 0 Å². The van der Waals surface area contributed by atoms with Crippen molar-refractivity contribution in [2.75, 3.05) is 6.61 Å². The van der Waals surface area contributed by atoms with Gasteiger partial charge in [0.2, 0.25) is 0 Å². The smallest absolute Gasteiger partial charge is 0.254 e. The second-order valence-electron chi connectivity index (χ2n) is 3.32. The number of aromatic amines is 1. The lowest BCUT2D eigenvalue weighted by Gasteiger charge is -2.08. The summed E-state index contributed by atoms with van der Waals surface area (Å²) in [5.41, 5.74) is 0. The highest BCUT2D eigenvalue weighted by Gasteiger charge is 2.08. The Morgan fingerprint density at radius 2 is 2.38 bits per heavy atom. The van der Waals surface area contributed by atoms with E-state index in [1.165, 1.54) is 5.82 Å². The van der Waals surface area contributed by atoms with Crippen molar-refractivity contribution in [3.63, 3.8) is 0 Å². The van der Waals surface area contributed by atoms with Gasteiger partial charge in [-0.2, -0.15) is 0 Å². The Bertz CT molecular complexity index is 245. The molecule has 1 heterocycles. The molecule has 0 saturated carbocycles. The summed E-state index contributed by atoms with van der Waals surface area (Å²) in [6.45, 7) is 4.95. The maximum Gasteiger partial charge on any atom is 0.254 e. The number of nitrogens with one attached hydrogen (secondary N) is 1. The average Bonchev–Trinajstić information content (AvgIpc) is 2.48. The van der Waals surface area contributed by atoms with E-state index in [1.54, 1.807) is 0 Å². The van der Waals surface area contributed by atoms with E-state index < -0.39 is 0 Å². The number of ether oxygens (including phenoxy) is 1. The van der Waals surface area contributed by atoms with E-state index >= 15 is 0 Å². The number of hydrogen-bond acceptors (Lipinski definition) is 1. The van der Waals surface area contributed by atoms with Gasteiger partial charge in [0.25, 0.3) is 5.82 Å². The second kappa shape index (κ2) is 5.02. The minimum atomic E-state index is 0.355. The fourth-order valence-corrected chi connectivity index (χ4v) is 1.39. The van der Waals surface area contributed by atoms with Crippen LogP contribution >= 0.6 is 0 Å². The average molecular weight is 183 g/mol. The molecule has 3 nitrogen and oxygen atoms in total. The van der Waals surface area contributed by atoms with Gasteiger partial charge in [0.05, 0.1) is 19.6 Å². The highest BCUT2D eigenvalue weighted by atomic mass is 16.5. The van der Waals surface area contributed by atoms with Crippen LogP contribution in [0.3, 0.4) is 0 Å². The van der Waals surface area contributed by atoms with E-state index in [0.717, 1.165) is 19.4 Å². The molecular formula is C10H19N2O+. The zero-order chi connectivity index (χ0) is 9.68. The summed E-state index contributed by atoms with van der Waals surface area (Å²) in [5.74, 6) is 1.26. The number of aromatic nitrogens is 2. The molecule has 0 fully saturated rings. The lowest BCUT2D eigenvalue weighted by atomic mass is 10.2. The Labute approximate surface area is 79.7 Å². The highest BCUT2D eigenvalue weighted by Crippen LogP contribution is 2.01. The zero-order valence-corrected chi connectivity index (χ0v) is 8.71. The topological polar surface area (TPSA) is 28.9 Å². The van der Waals surface area contributed by atoms with Gasteiger partial charge in [-0.25, -0.2) is 9.55 Å². The van der Waals surface area contributed by atoms with Crippen LogP contribution in [-0.4, -0.2) is 17.7 Å². The summed E-state index contributed by atoms with van der Waals surface area (Å²) in [5, 5.41) is 0. The van der Waals surface area contributed by atoms with Crippen molar-refractivity contribution in [3.8, 4) is 0 Å². The molecule has 1 unspecified atom stereocenters. The lowest BCUT2D eigenvalue weighted by Crippen LogP contribution is -2.31. The standard InChI is InChI=1S/C10H18N2O/c1-4-13-9(2)5-6-10-11-7-8-12(10)3/h7-9H,4-6H2,1-3H3/p+1. The van der Waals surface area contributed by atoms with Crippen LogP contribution in [0.1, 0.15) is 26.1 Å². The molecule has 0 bridgehead atoms. The van der Waals surface area contributed by atoms with Crippen molar-refractivity contribution in [1.82, 2.24) is 4.98 Å². The van der Waals surface area contributed by atoms with Crippen molar-refractivity contribution < 1.29 is 9.30 Å². The summed E-state index contributed by atoms with van der Waals surface area (Å²) in [7, 11) is 2.05. The fourth-order valence-electron chi connectivity index (χ4n) is 1.39. The highest BCUT2D eigenvalue weighted by molar-refractivity contribution is 4.77. The monoisotopic (exact) mass is 183 g/mol. The van der Waals surface area contributed by atoms with Gasteiger partial charge in [-0.05, 0) is 20.3 Å². The summed E-state index contributed by atoms with van der Waals surface area (Å²) in [6.07, 6.45) is 6.46. The van der Waals surface area contributed by atoms with Crippen LogP contribution in [0.15, 0.2) is 12.4 Å². The normalized spacial score (nSPS) is 13.2. The summed E-state index contributed by atoms with van der Waals surface area (Å²) in [4.78, 5) is 3.21. The molecular weight excluding hydrogens is 164 g/mol. The first kappa shape index (κ1) is 10.3. The molecule has 1 rings (SSSR count). The van der Waals surface area contributed by atoms with Gasteiger partial charge in [0, 0.05) is 6.61 Å². The van der Waals surface area contributed by atoms with Gasteiger partial charge in [-0.3, -0.25) is 0 Å². The van der Waals surface area contributed by atoms with E-state index in [4.69, 9.17) is 4.74 Å². The molecule has 0 aliphatic rings. The maximum absolute atomic E-state index is 5.46. The van der Waals surface area contributed by atoms with Crippen LogP contribution in [0.5, 0.6) is 0 Å². The molecule has 0 aromatic carbocycles. The van der Waals surface area contributed by atoms with Gasteiger partial charge in [-0.1, -0.05) is 0 Å². The quantitative estimate of drug-likeness (QED) is 0.683. The minimum absolute atomic E-state index is 0.355.